The highest BCUT2D eigenvalue weighted by atomic mass is 16.5. The van der Waals surface area contributed by atoms with Gasteiger partial charge >= 0.3 is 5.97 Å². The molecule has 1 N–H and O–H groups in total. The van der Waals surface area contributed by atoms with Crippen molar-refractivity contribution in [1.29, 1.82) is 0 Å². The zero-order valence-electron chi connectivity index (χ0n) is 24.6. The quantitative estimate of drug-likeness (QED) is 0.149. The highest BCUT2D eigenvalue weighted by molar-refractivity contribution is 6.12. The number of hydrogen-bond donors (Lipinski definition) is 1. The number of rotatable bonds is 15. The van der Waals surface area contributed by atoms with Crippen LogP contribution in [-0.2, 0) is 27.2 Å². The van der Waals surface area contributed by atoms with Crippen LogP contribution in [0.25, 0.3) is 0 Å². The highest BCUT2D eigenvalue weighted by Crippen LogP contribution is 2.22. The molecular weight excluding hydrogens is 542 g/mol. The molecule has 4 rings (SSSR count). The van der Waals surface area contributed by atoms with Crippen molar-refractivity contribution in [1.82, 2.24) is 9.88 Å². The van der Waals surface area contributed by atoms with E-state index < -0.39 is 12.0 Å². The van der Waals surface area contributed by atoms with Crippen LogP contribution in [0.1, 0.15) is 40.4 Å². The third kappa shape index (κ3) is 9.00. The summed E-state index contributed by atoms with van der Waals surface area (Å²) < 4.78 is 11.0. The van der Waals surface area contributed by atoms with Crippen LogP contribution in [0.5, 0.6) is 5.75 Å². The molecule has 1 unspecified atom stereocenters. The fourth-order valence-electron chi connectivity index (χ4n) is 4.72. The van der Waals surface area contributed by atoms with E-state index in [0.717, 1.165) is 11.1 Å². The Labute approximate surface area is 252 Å². The summed E-state index contributed by atoms with van der Waals surface area (Å²) in [6, 6.07) is 26.8. The number of ketones is 1. The molecule has 0 aliphatic carbocycles. The minimum Gasteiger partial charge on any atom is -0.492 e. The van der Waals surface area contributed by atoms with Crippen molar-refractivity contribution in [2.75, 3.05) is 32.1 Å². The summed E-state index contributed by atoms with van der Waals surface area (Å²) in [4.78, 5) is 44.4. The number of carbonyl (C=O) groups is 3. The molecule has 8 nitrogen and oxygen atoms in total. The number of aromatic nitrogens is 1. The molecule has 4 aromatic rings. The number of ether oxygens (including phenoxy) is 2. The predicted molar refractivity (Wildman–Crippen MR) is 166 cm³/mol. The molecule has 0 aliphatic rings. The van der Waals surface area contributed by atoms with Gasteiger partial charge in [0.1, 0.15) is 18.4 Å². The first-order valence-electron chi connectivity index (χ1n) is 14.4. The fraction of sp³-hybridized carbons (Fsp3) is 0.257. The number of anilines is 1. The van der Waals surface area contributed by atoms with Gasteiger partial charge in [-0.3, -0.25) is 14.6 Å². The maximum Gasteiger partial charge on any atom is 0.328 e. The molecule has 0 aliphatic heterocycles. The Morgan fingerprint density at radius 2 is 1.63 bits per heavy atom. The third-order valence-corrected chi connectivity index (χ3v) is 7.10. The van der Waals surface area contributed by atoms with Gasteiger partial charge in [0.05, 0.1) is 13.7 Å². The molecule has 0 fully saturated rings. The van der Waals surface area contributed by atoms with Gasteiger partial charge in [-0.25, -0.2) is 4.79 Å². The monoisotopic (exact) mass is 579 g/mol. The van der Waals surface area contributed by atoms with Gasteiger partial charge in [0, 0.05) is 48.6 Å². The van der Waals surface area contributed by atoms with Crippen molar-refractivity contribution in [3.63, 3.8) is 0 Å². The maximum absolute atomic E-state index is 13.2. The number of hydrogen-bond acceptors (Lipinski definition) is 7. The van der Waals surface area contributed by atoms with Gasteiger partial charge in [0.15, 0.2) is 5.78 Å². The van der Waals surface area contributed by atoms with Crippen LogP contribution in [0.4, 0.5) is 5.69 Å². The zero-order valence-corrected chi connectivity index (χ0v) is 24.6. The molecule has 3 aromatic carbocycles. The Balaban J connectivity index is 1.33. The van der Waals surface area contributed by atoms with Gasteiger partial charge in [-0.2, -0.15) is 0 Å². The standard InChI is InChI=1S/C35H37N3O5/c1-3-38(33(39)20-17-27-10-9-21-36-25-27)22-23-43-29-18-15-26(16-19-29)24-32(35(41)42-2)37-31-14-8-7-13-30(31)34(40)28-11-5-4-6-12-28/h4-16,18-19,21,25,32,37H,3,17,20,22-24H2,1-2H3. The molecule has 0 spiro atoms. The second-order valence-electron chi connectivity index (χ2n) is 9.99. The van der Waals surface area contributed by atoms with E-state index in [9.17, 15) is 14.4 Å². The van der Waals surface area contributed by atoms with Crippen molar-refractivity contribution in [3.05, 3.63) is 126 Å². The molecule has 8 heteroatoms. The maximum atomic E-state index is 13.2. The summed E-state index contributed by atoms with van der Waals surface area (Å²) in [5, 5.41) is 3.23. The Morgan fingerprint density at radius 3 is 2.33 bits per heavy atom. The van der Waals surface area contributed by atoms with Gasteiger partial charge in [-0.15, -0.1) is 0 Å². The van der Waals surface area contributed by atoms with E-state index in [2.05, 4.69) is 10.3 Å². The lowest BCUT2D eigenvalue weighted by Crippen LogP contribution is -2.34. The Bertz CT molecular complexity index is 1480. The summed E-state index contributed by atoms with van der Waals surface area (Å²) in [5.41, 5.74) is 3.53. The fourth-order valence-corrected chi connectivity index (χ4v) is 4.72. The Kier molecular flexibility index (Phi) is 11.4. The number of methoxy groups -OCH3 is 1. The summed E-state index contributed by atoms with van der Waals surface area (Å²) in [5.74, 6) is 0.184. The molecule has 0 radical (unpaired) electrons. The van der Waals surface area contributed by atoms with Crippen molar-refractivity contribution >= 4 is 23.3 Å². The molecule has 222 valence electrons. The zero-order chi connectivity index (χ0) is 30.4. The lowest BCUT2D eigenvalue weighted by Gasteiger charge is -2.21. The van der Waals surface area contributed by atoms with Gasteiger partial charge in [0.25, 0.3) is 0 Å². The van der Waals surface area contributed by atoms with Crippen LogP contribution in [0, 0.1) is 0 Å². The van der Waals surface area contributed by atoms with Crippen molar-refractivity contribution in [2.24, 2.45) is 0 Å². The predicted octanol–water partition coefficient (Wildman–Crippen LogP) is 5.37. The second kappa shape index (κ2) is 15.9. The van der Waals surface area contributed by atoms with Crippen LogP contribution in [0.2, 0.25) is 0 Å². The lowest BCUT2D eigenvalue weighted by atomic mass is 10.00. The summed E-state index contributed by atoms with van der Waals surface area (Å²) in [6.07, 6.45) is 4.93. The van der Waals surface area contributed by atoms with E-state index in [-0.39, 0.29) is 11.7 Å². The number of benzene rings is 3. The minimum absolute atomic E-state index is 0.0821. The second-order valence-corrected chi connectivity index (χ2v) is 9.99. The van der Waals surface area contributed by atoms with Gasteiger partial charge in [0.2, 0.25) is 5.91 Å². The van der Waals surface area contributed by atoms with Gasteiger partial charge in [-0.1, -0.05) is 60.7 Å². The van der Waals surface area contributed by atoms with Crippen molar-refractivity contribution < 1.29 is 23.9 Å². The van der Waals surface area contributed by atoms with Crippen molar-refractivity contribution in [3.8, 4) is 5.75 Å². The van der Waals surface area contributed by atoms with Crippen LogP contribution in [-0.4, -0.2) is 60.4 Å². The Hall–Kier alpha value is -4.98. The molecule has 1 atom stereocenters. The molecule has 1 aromatic heterocycles. The lowest BCUT2D eigenvalue weighted by molar-refractivity contribution is -0.141. The smallest absolute Gasteiger partial charge is 0.328 e. The van der Waals surface area contributed by atoms with Crippen LogP contribution >= 0.6 is 0 Å². The van der Waals surface area contributed by atoms with E-state index >= 15 is 0 Å². The average Bonchev–Trinajstić information content (AvgIpc) is 3.06. The van der Waals surface area contributed by atoms with Gasteiger partial charge < -0.3 is 19.7 Å². The number of likely N-dealkylation sites (N-methyl/N-ethyl adjacent to an activating group) is 1. The number of para-hydroxylation sites is 1. The first-order chi connectivity index (χ1) is 21.0. The van der Waals surface area contributed by atoms with Crippen LogP contribution < -0.4 is 10.1 Å². The molecule has 0 saturated heterocycles. The largest absolute Gasteiger partial charge is 0.492 e. The SMILES string of the molecule is CCN(CCOc1ccc(CC(Nc2ccccc2C(=O)c2ccccc2)C(=O)OC)cc1)C(=O)CCc1cccnc1. The molecule has 43 heavy (non-hydrogen) atoms. The molecular formula is C35H37N3O5. The van der Waals surface area contributed by atoms with Gasteiger partial charge in [-0.05, 0) is 54.8 Å². The van der Waals surface area contributed by atoms with E-state index in [1.54, 1.807) is 47.6 Å². The number of carbonyl (C=O) groups excluding carboxylic acids is 3. The van der Waals surface area contributed by atoms with E-state index in [4.69, 9.17) is 9.47 Å². The molecule has 1 amide bonds. The number of pyridine rings is 1. The van der Waals surface area contributed by atoms with Crippen LogP contribution in [0.3, 0.4) is 0 Å². The van der Waals surface area contributed by atoms with E-state index in [1.165, 1.54) is 7.11 Å². The summed E-state index contributed by atoms with van der Waals surface area (Å²) in [6.45, 7) is 3.42. The average molecular weight is 580 g/mol. The van der Waals surface area contributed by atoms with Crippen LogP contribution in [0.15, 0.2) is 103 Å². The molecule has 0 bridgehead atoms. The normalized spacial score (nSPS) is 11.3. The number of nitrogens with one attached hydrogen (secondary N) is 1. The summed E-state index contributed by atoms with van der Waals surface area (Å²) >= 11 is 0. The topological polar surface area (TPSA) is 97.8 Å². The number of aryl methyl sites for hydroxylation is 1. The highest BCUT2D eigenvalue weighted by Gasteiger charge is 2.22. The minimum atomic E-state index is -0.711. The van der Waals surface area contributed by atoms with E-state index in [0.29, 0.717) is 61.5 Å². The Morgan fingerprint density at radius 1 is 0.884 bits per heavy atom. The molecule has 1 heterocycles. The number of nitrogens with zero attached hydrogens (tertiary/aromatic N) is 2. The summed E-state index contributed by atoms with van der Waals surface area (Å²) in [7, 11) is 1.35. The van der Waals surface area contributed by atoms with E-state index in [1.807, 2.05) is 67.6 Å². The van der Waals surface area contributed by atoms with Crippen molar-refractivity contribution in [2.45, 2.75) is 32.2 Å². The molecule has 0 saturated carbocycles. The number of esters is 1. The first-order valence-corrected chi connectivity index (χ1v) is 14.4. The number of amides is 1. The third-order valence-electron chi connectivity index (χ3n) is 7.10. The first kappa shape index (κ1) is 31.0.